The molecule has 10 nitrogen and oxygen atoms in total. The highest BCUT2D eigenvalue weighted by Gasteiger charge is 2.30. The first-order valence-corrected chi connectivity index (χ1v) is 16.0. The average Bonchev–Trinajstić information content (AvgIpc) is 3.46. The van der Waals surface area contributed by atoms with E-state index in [9.17, 15) is 24.0 Å². The summed E-state index contributed by atoms with van der Waals surface area (Å²) < 4.78 is 5.44. The molecule has 0 spiro atoms. The first-order valence-electron chi connectivity index (χ1n) is 16.0. The van der Waals surface area contributed by atoms with Crippen molar-refractivity contribution < 1.29 is 28.7 Å². The minimum absolute atomic E-state index is 0.0377. The number of benzene rings is 3. The predicted octanol–water partition coefficient (Wildman–Crippen LogP) is 3.85. The molecule has 3 aromatic rings. The molecule has 10 heteroatoms. The topological polar surface area (TPSA) is 143 Å². The Bertz CT molecular complexity index is 1490. The van der Waals surface area contributed by atoms with Crippen LogP contribution in [-0.4, -0.2) is 61.4 Å². The summed E-state index contributed by atoms with van der Waals surface area (Å²) >= 11 is 0. The van der Waals surface area contributed by atoms with E-state index in [1.165, 1.54) is 0 Å². The lowest BCUT2D eigenvalue weighted by Crippen LogP contribution is -2.56. The van der Waals surface area contributed by atoms with Gasteiger partial charge in [-0.25, -0.2) is 4.79 Å². The van der Waals surface area contributed by atoms with E-state index in [1.807, 2.05) is 86.6 Å². The summed E-state index contributed by atoms with van der Waals surface area (Å²) in [5.41, 5.74) is 1.87. The van der Waals surface area contributed by atoms with E-state index in [-0.39, 0.29) is 30.8 Å². The largest absolute Gasteiger partial charge is 0.449 e. The monoisotopic (exact) mass is 628 g/mol. The molecule has 46 heavy (non-hydrogen) atoms. The quantitative estimate of drug-likeness (QED) is 0.178. The maximum atomic E-state index is 13.8. The van der Waals surface area contributed by atoms with Gasteiger partial charge in [-0.15, -0.1) is 0 Å². The van der Waals surface area contributed by atoms with Crippen LogP contribution in [0.15, 0.2) is 72.8 Å². The maximum absolute atomic E-state index is 13.8. The Morgan fingerprint density at radius 2 is 1.63 bits per heavy atom. The zero-order valence-electron chi connectivity index (χ0n) is 26.5. The minimum atomic E-state index is -1.04. The first-order chi connectivity index (χ1) is 22.2. The predicted molar refractivity (Wildman–Crippen MR) is 176 cm³/mol. The Kier molecular flexibility index (Phi) is 12.7. The summed E-state index contributed by atoms with van der Waals surface area (Å²) in [6, 6.07) is 20.4. The number of amides is 4. The zero-order chi connectivity index (χ0) is 32.9. The molecule has 1 aliphatic rings. The van der Waals surface area contributed by atoms with Gasteiger partial charge in [0.2, 0.25) is 17.7 Å². The number of hydrogen-bond donors (Lipinski definition) is 4. The molecule has 1 saturated heterocycles. The molecule has 244 valence electrons. The summed E-state index contributed by atoms with van der Waals surface area (Å²) in [7, 11) is 0. The van der Waals surface area contributed by atoms with Gasteiger partial charge >= 0.3 is 6.09 Å². The summed E-state index contributed by atoms with van der Waals surface area (Å²) in [4.78, 5) is 64.0. The summed E-state index contributed by atoms with van der Waals surface area (Å²) in [6.07, 6.45) is 2.41. The molecule has 0 aromatic heterocycles. The third-order valence-electron chi connectivity index (χ3n) is 8.20. The lowest BCUT2D eigenvalue weighted by molar-refractivity contribution is -0.131. The molecule has 0 bridgehead atoms. The van der Waals surface area contributed by atoms with Gasteiger partial charge in [0.1, 0.15) is 18.4 Å². The SMILES string of the molecule is CC(C)C[C@H](NC(=O)[C@H](Cc1cccc2ccccc12)NC(=O)OCCc1ccccc1)C(=O)N[C@H](C=O)CC[C@@H]1CCNC1=O. The number of aldehydes is 1. The molecule has 3 aromatic carbocycles. The molecule has 0 aliphatic carbocycles. The van der Waals surface area contributed by atoms with Crippen LogP contribution in [0.1, 0.15) is 50.7 Å². The standard InChI is InChI=1S/C36H44N4O6/c1-24(2)21-31(34(43)38-29(23-41)16-15-27-17-19-37-33(27)42)39-35(44)32(22-28-13-8-12-26-11-6-7-14-30(26)28)40-36(45)46-20-18-25-9-4-3-5-10-25/h3-14,23-24,27,29,31-32H,15-22H2,1-2H3,(H,37,42)(H,38,43)(H,39,44)(H,40,45)/t27-,29+,31+,32+/m1/s1. The van der Waals surface area contributed by atoms with Gasteiger partial charge in [-0.05, 0) is 53.5 Å². The van der Waals surface area contributed by atoms with Crippen LogP contribution in [-0.2, 0) is 36.8 Å². The van der Waals surface area contributed by atoms with Crippen molar-refractivity contribution in [3.05, 3.63) is 83.9 Å². The fourth-order valence-electron chi connectivity index (χ4n) is 5.72. The number of ether oxygens (including phenoxy) is 1. The highest BCUT2D eigenvalue weighted by atomic mass is 16.5. The highest BCUT2D eigenvalue weighted by Crippen LogP contribution is 2.21. The Morgan fingerprint density at radius 3 is 2.35 bits per heavy atom. The second-order valence-corrected chi connectivity index (χ2v) is 12.2. The van der Waals surface area contributed by atoms with Crippen LogP contribution < -0.4 is 21.3 Å². The van der Waals surface area contributed by atoms with E-state index in [2.05, 4.69) is 21.3 Å². The number of carbonyl (C=O) groups is 5. The van der Waals surface area contributed by atoms with Gasteiger partial charge in [-0.1, -0.05) is 86.6 Å². The molecule has 0 saturated carbocycles. The van der Waals surface area contributed by atoms with Gasteiger partial charge in [-0.3, -0.25) is 14.4 Å². The minimum Gasteiger partial charge on any atom is -0.449 e. The number of nitrogens with one attached hydrogen (secondary N) is 4. The van der Waals surface area contributed by atoms with Crippen LogP contribution in [0, 0.1) is 11.8 Å². The lowest BCUT2D eigenvalue weighted by atomic mass is 9.97. The fourth-order valence-corrected chi connectivity index (χ4v) is 5.72. The van der Waals surface area contributed by atoms with Crippen molar-refractivity contribution in [3.8, 4) is 0 Å². The van der Waals surface area contributed by atoms with Crippen molar-refractivity contribution in [2.75, 3.05) is 13.2 Å². The van der Waals surface area contributed by atoms with Crippen molar-refractivity contribution in [3.63, 3.8) is 0 Å². The number of alkyl carbamates (subject to hydrolysis) is 1. The van der Waals surface area contributed by atoms with E-state index in [0.29, 0.717) is 44.9 Å². The average molecular weight is 629 g/mol. The molecule has 4 N–H and O–H groups in total. The van der Waals surface area contributed by atoms with E-state index >= 15 is 0 Å². The second kappa shape index (κ2) is 17.1. The van der Waals surface area contributed by atoms with Crippen molar-refractivity contribution >= 4 is 40.9 Å². The van der Waals surface area contributed by atoms with Gasteiger partial charge < -0.3 is 30.8 Å². The molecule has 4 atom stereocenters. The normalized spacial score (nSPS) is 16.2. The summed E-state index contributed by atoms with van der Waals surface area (Å²) in [5, 5.41) is 13.0. The van der Waals surface area contributed by atoms with Crippen LogP contribution in [0.2, 0.25) is 0 Å². The van der Waals surface area contributed by atoms with Crippen LogP contribution >= 0.6 is 0 Å². The Balaban J connectivity index is 1.46. The lowest BCUT2D eigenvalue weighted by Gasteiger charge is -2.25. The number of fused-ring (bicyclic) bond motifs is 1. The number of rotatable bonds is 16. The molecule has 4 amide bonds. The Hall–Kier alpha value is -4.73. The molecular weight excluding hydrogens is 584 g/mol. The van der Waals surface area contributed by atoms with Gasteiger partial charge in [0.05, 0.1) is 12.6 Å². The number of hydrogen-bond acceptors (Lipinski definition) is 6. The Labute approximate surface area is 270 Å². The van der Waals surface area contributed by atoms with Crippen LogP contribution in [0.4, 0.5) is 4.79 Å². The van der Waals surface area contributed by atoms with E-state index in [1.54, 1.807) is 0 Å². The molecule has 0 radical (unpaired) electrons. The molecule has 4 rings (SSSR count). The molecule has 1 heterocycles. The summed E-state index contributed by atoms with van der Waals surface area (Å²) in [6.45, 7) is 4.60. The first kappa shape index (κ1) is 34.1. The molecule has 1 fully saturated rings. The van der Waals surface area contributed by atoms with Crippen molar-refractivity contribution in [1.29, 1.82) is 0 Å². The van der Waals surface area contributed by atoms with Crippen molar-refractivity contribution in [2.45, 2.75) is 70.5 Å². The van der Waals surface area contributed by atoms with E-state index in [4.69, 9.17) is 4.74 Å². The third kappa shape index (κ3) is 10.2. The maximum Gasteiger partial charge on any atom is 0.407 e. The number of carbonyl (C=O) groups excluding carboxylic acids is 5. The third-order valence-corrected chi connectivity index (χ3v) is 8.20. The van der Waals surface area contributed by atoms with Gasteiger partial charge in [-0.2, -0.15) is 0 Å². The molecule has 0 unspecified atom stereocenters. The van der Waals surface area contributed by atoms with Crippen LogP contribution in [0.5, 0.6) is 0 Å². The highest BCUT2D eigenvalue weighted by molar-refractivity contribution is 5.93. The second-order valence-electron chi connectivity index (χ2n) is 12.2. The fraction of sp³-hybridized carbons (Fsp3) is 0.417. The smallest absolute Gasteiger partial charge is 0.407 e. The van der Waals surface area contributed by atoms with Crippen molar-refractivity contribution in [1.82, 2.24) is 21.3 Å². The van der Waals surface area contributed by atoms with Crippen molar-refractivity contribution in [2.24, 2.45) is 11.8 Å². The van der Waals surface area contributed by atoms with Crippen LogP contribution in [0.25, 0.3) is 10.8 Å². The zero-order valence-corrected chi connectivity index (χ0v) is 26.5. The van der Waals surface area contributed by atoms with Gasteiger partial charge in [0.25, 0.3) is 0 Å². The molecular formula is C36H44N4O6. The van der Waals surface area contributed by atoms with Crippen LogP contribution in [0.3, 0.4) is 0 Å². The molecule has 1 aliphatic heterocycles. The van der Waals surface area contributed by atoms with Gasteiger partial charge in [0, 0.05) is 25.3 Å². The summed E-state index contributed by atoms with van der Waals surface area (Å²) in [5.74, 6) is -1.22. The Morgan fingerprint density at radius 1 is 0.913 bits per heavy atom. The van der Waals surface area contributed by atoms with Gasteiger partial charge in [0.15, 0.2) is 0 Å². The van der Waals surface area contributed by atoms with E-state index in [0.717, 1.165) is 21.9 Å². The van der Waals surface area contributed by atoms with E-state index < -0.39 is 36.0 Å².